The molecule has 0 fully saturated rings. The summed E-state index contributed by atoms with van der Waals surface area (Å²) in [6, 6.07) is 0. The summed E-state index contributed by atoms with van der Waals surface area (Å²) >= 11 is 0. The van der Waals surface area contributed by atoms with Gasteiger partial charge >= 0.3 is 15.2 Å². The van der Waals surface area contributed by atoms with Crippen LogP contribution in [0.5, 0.6) is 11.5 Å². The summed E-state index contributed by atoms with van der Waals surface area (Å²) in [5.41, 5.74) is 3.43. The van der Waals surface area contributed by atoms with Crippen LogP contribution in [-0.4, -0.2) is 23.1 Å². The van der Waals surface area contributed by atoms with Crippen LogP contribution in [0.1, 0.15) is 58.8 Å². The Bertz CT molecular complexity index is 854. The molecule has 1 aromatic carbocycles. The first-order chi connectivity index (χ1) is 12.1. The fourth-order valence-electron chi connectivity index (χ4n) is 5.04. The zero-order chi connectivity index (χ0) is 18.4. The molecule has 6 atom stereocenters. The van der Waals surface area contributed by atoms with Crippen molar-refractivity contribution in [3.8, 4) is 11.5 Å². The molecule has 138 valence electrons. The highest BCUT2D eigenvalue weighted by Crippen LogP contribution is 2.66. The minimum Gasteiger partial charge on any atom is -0.424 e. The molecule has 0 heterocycles. The molecule has 26 heavy (non-hydrogen) atoms. The third-order valence-electron chi connectivity index (χ3n) is 5.73. The van der Waals surface area contributed by atoms with Crippen LogP contribution in [0.2, 0.25) is 0 Å². The molecule has 0 aromatic heterocycles. The van der Waals surface area contributed by atoms with Gasteiger partial charge in [0.25, 0.3) is 0 Å². The van der Waals surface area contributed by atoms with Crippen molar-refractivity contribution in [1.29, 1.82) is 0 Å². The average Bonchev–Trinajstić information content (AvgIpc) is 3.25. The van der Waals surface area contributed by atoms with Crippen LogP contribution < -0.4 is 9.05 Å². The van der Waals surface area contributed by atoms with Crippen molar-refractivity contribution in [3.05, 3.63) is 46.6 Å². The van der Waals surface area contributed by atoms with Gasteiger partial charge in [-0.15, -0.1) is 0 Å². The Morgan fingerprint density at radius 1 is 0.731 bits per heavy atom. The van der Waals surface area contributed by atoms with Gasteiger partial charge in [-0.3, -0.25) is 0 Å². The summed E-state index contributed by atoms with van der Waals surface area (Å²) < 4.78 is 35.5. The first-order valence-corrected chi connectivity index (χ1v) is 12.8. The Morgan fingerprint density at radius 3 is 1.23 bits per heavy atom. The summed E-state index contributed by atoms with van der Waals surface area (Å²) in [5.74, 6) is 1.33. The van der Waals surface area contributed by atoms with E-state index in [0.29, 0.717) is 11.5 Å². The van der Waals surface area contributed by atoms with Crippen LogP contribution in [0.15, 0.2) is 24.3 Å². The molecule has 4 aliphatic rings. The van der Waals surface area contributed by atoms with E-state index in [2.05, 4.69) is 24.3 Å². The van der Waals surface area contributed by atoms with Gasteiger partial charge in [0.05, 0.1) is 0 Å². The van der Waals surface area contributed by atoms with E-state index in [4.69, 9.17) is 9.05 Å². The Hall–Kier alpha value is -1.32. The third kappa shape index (κ3) is 2.40. The minimum absolute atomic E-state index is 0.0854. The lowest BCUT2D eigenvalue weighted by atomic mass is 9.85. The number of rotatable bonds is 4. The van der Waals surface area contributed by atoms with Crippen molar-refractivity contribution in [2.24, 2.45) is 0 Å². The van der Waals surface area contributed by atoms with E-state index in [0.717, 1.165) is 35.1 Å². The van der Waals surface area contributed by atoms with Crippen LogP contribution in [0.4, 0.5) is 0 Å². The van der Waals surface area contributed by atoms with E-state index in [1.807, 2.05) is 0 Å². The smallest absolute Gasteiger partial charge is 0.373 e. The molecule has 1 aromatic rings. The molecule has 0 radical (unpaired) electrons. The lowest BCUT2D eigenvalue weighted by Gasteiger charge is -2.28. The summed E-state index contributed by atoms with van der Waals surface area (Å²) in [6.45, 7) is 2.38. The molecule has 4 aliphatic carbocycles. The largest absolute Gasteiger partial charge is 0.424 e. The molecule has 8 heteroatoms. The zero-order valence-corrected chi connectivity index (χ0v) is 16.2. The Balaban J connectivity index is 1.82. The molecule has 0 saturated carbocycles. The summed E-state index contributed by atoms with van der Waals surface area (Å²) in [7, 11) is -7.49. The summed E-state index contributed by atoms with van der Waals surface area (Å²) in [5, 5.41) is 0. The third-order valence-corrected chi connectivity index (χ3v) is 6.77. The average molecular weight is 394 g/mol. The first kappa shape index (κ1) is 16.8. The van der Waals surface area contributed by atoms with E-state index in [1.165, 1.54) is 13.3 Å². The molecule has 2 unspecified atom stereocenters. The Labute approximate surface area is 151 Å². The summed E-state index contributed by atoms with van der Waals surface area (Å²) in [4.78, 5) is 19.8. The highest BCUT2D eigenvalue weighted by Gasteiger charge is 2.48. The molecule has 2 N–H and O–H groups in total. The van der Waals surface area contributed by atoms with Crippen molar-refractivity contribution in [2.45, 2.75) is 36.5 Å². The molecule has 6 nitrogen and oxygen atoms in total. The SMILES string of the molecule is CP(=O)(O)Oc1c2c(c(OP(C)(=O)O)c3c1[C@H]1C=C[C@@H]3C1)[C@H]1C=C[C@@H]2C1. The van der Waals surface area contributed by atoms with Gasteiger partial charge in [-0.05, 0) is 12.8 Å². The predicted octanol–water partition coefficient (Wildman–Crippen LogP) is 4.36. The van der Waals surface area contributed by atoms with E-state index >= 15 is 0 Å². The highest BCUT2D eigenvalue weighted by atomic mass is 31.2. The van der Waals surface area contributed by atoms with Gasteiger partial charge in [-0.2, -0.15) is 0 Å². The fourth-order valence-corrected chi connectivity index (χ4v) is 6.11. The van der Waals surface area contributed by atoms with Crippen molar-refractivity contribution < 1.29 is 28.0 Å². The molecular weight excluding hydrogens is 374 g/mol. The van der Waals surface area contributed by atoms with Crippen LogP contribution >= 0.6 is 15.2 Å². The normalized spacial score (nSPS) is 33.7. The van der Waals surface area contributed by atoms with Crippen molar-refractivity contribution in [3.63, 3.8) is 0 Å². The zero-order valence-electron chi connectivity index (χ0n) is 14.5. The highest BCUT2D eigenvalue weighted by molar-refractivity contribution is 7.52. The molecule has 4 bridgehead atoms. The molecule has 0 spiro atoms. The van der Waals surface area contributed by atoms with Gasteiger partial charge in [-0.25, -0.2) is 9.13 Å². The maximum atomic E-state index is 12.1. The van der Waals surface area contributed by atoms with Crippen molar-refractivity contribution in [1.82, 2.24) is 0 Å². The second-order valence-corrected chi connectivity index (χ2v) is 11.3. The molecule has 0 amide bonds. The van der Waals surface area contributed by atoms with Crippen molar-refractivity contribution in [2.75, 3.05) is 13.3 Å². The van der Waals surface area contributed by atoms with Crippen LogP contribution in [0, 0.1) is 0 Å². The number of hydrogen-bond donors (Lipinski definition) is 2. The Kier molecular flexibility index (Phi) is 3.33. The molecular formula is C18H20O6P2. The number of allylic oxidation sites excluding steroid dienone is 4. The first-order valence-electron chi connectivity index (χ1n) is 8.72. The second kappa shape index (κ2) is 5.14. The predicted molar refractivity (Wildman–Crippen MR) is 97.7 cm³/mol. The van der Waals surface area contributed by atoms with E-state index in [9.17, 15) is 18.9 Å². The van der Waals surface area contributed by atoms with Gasteiger partial charge in [0.15, 0.2) is 0 Å². The lowest BCUT2D eigenvalue weighted by Crippen LogP contribution is -2.10. The number of benzene rings is 1. The topological polar surface area (TPSA) is 93.1 Å². The van der Waals surface area contributed by atoms with Crippen molar-refractivity contribution >= 4 is 15.2 Å². The molecule has 0 saturated heterocycles. The van der Waals surface area contributed by atoms with E-state index in [-0.39, 0.29) is 23.7 Å². The lowest BCUT2D eigenvalue weighted by molar-refractivity contribution is 0.376. The quantitative estimate of drug-likeness (QED) is 0.582. The van der Waals surface area contributed by atoms with Gasteiger partial charge in [0, 0.05) is 59.3 Å². The van der Waals surface area contributed by atoms with Crippen LogP contribution in [0.25, 0.3) is 0 Å². The second-order valence-electron chi connectivity index (χ2n) is 7.77. The van der Waals surface area contributed by atoms with Gasteiger partial charge < -0.3 is 18.8 Å². The molecule has 0 aliphatic heterocycles. The van der Waals surface area contributed by atoms with Crippen LogP contribution in [-0.2, 0) is 9.13 Å². The monoisotopic (exact) mass is 394 g/mol. The maximum absolute atomic E-state index is 12.1. The van der Waals surface area contributed by atoms with Crippen LogP contribution in [0.3, 0.4) is 0 Å². The van der Waals surface area contributed by atoms with Gasteiger partial charge in [0.1, 0.15) is 11.5 Å². The van der Waals surface area contributed by atoms with Gasteiger partial charge in [0.2, 0.25) is 0 Å². The van der Waals surface area contributed by atoms with Gasteiger partial charge in [-0.1, -0.05) is 24.3 Å². The number of hydrogen-bond acceptors (Lipinski definition) is 4. The Morgan fingerprint density at radius 2 is 1.00 bits per heavy atom. The standard InChI is InChI=1S/C18H20O6P2/c1-25(19,20)23-17-13-9-3-5-11(7-9)15(13)18(24-26(2,21)22)16-12-6-4-10(8-12)14(16)17/h3-6,9-12H,7-8H2,1-2H3,(H,19,20)(H,21,22)/t9-,10+,11+,12-. The molecule has 5 rings (SSSR count). The van der Waals surface area contributed by atoms with E-state index < -0.39 is 15.2 Å². The van der Waals surface area contributed by atoms with E-state index in [1.54, 1.807) is 0 Å². The maximum Gasteiger partial charge on any atom is 0.373 e. The summed E-state index contributed by atoms with van der Waals surface area (Å²) in [6.07, 6.45) is 10.0. The number of fused-ring (bicyclic) bond motifs is 10. The fraction of sp³-hybridized carbons (Fsp3) is 0.444. The minimum atomic E-state index is -3.75.